The number of carbonyl (C=O) groups excluding carboxylic acids is 1. The quantitative estimate of drug-likeness (QED) is 0.433. The summed E-state index contributed by atoms with van der Waals surface area (Å²) in [7, 11) is 0. The summed E-state index contributed by atoms with van der Waals surface area (Å²) in [6.45, 7) is 6.88. The van der Waals surface area contributed by atoms with Crippen LogP contribution in [-0.4, -0.2) is 21.9 Å². The zero-order valence-corrected chi connectivity index (χ0v) is 20.1. The minimum atomic E-state index is -0.185. The molecule has 6 nitrogen and oxygen atoms in total. The second-order valence-corrected chi connectivity index (χ2v) is 10.7. The van der Waals surface area contributed by atoms with Crippen molar-refractivity contribution in [3.63, 3.8) is 0 Å². The highest BCUT2D eigenvalue weighted by atomic mass is 32.2. The van der Waals surface area contributed by atoms with Crippen LogP contribution < -0.4 is 5.32 Å². The van der Waals surface area contributed by atoms with Crippen LogP contribution in [0.25, 0.3) is 11.5 Å². The molecule has 166 valence electrons. The summed E-state index contributed by atoms with van der Waals surface area (Å²) < 4.78 is 5.65. The zero-order chi connectivity index (χ0) is 22.7. The van der Waals surface area contributed by atoms with Crippen molar-refractivity contribution in [3.8, 4) is 17.5 Å². The van der Waals surface area contributed by atoms with E-state index in [9.17, 15) is 10.1 Å². The number of hydrogen-bond acceptors (Lipinski definition) is 7. The van der Waals surface area contributed by atoms with Gasteiger partial charge in [-0.1, -0.05) is 57.2 Å². The number of thiophene rings is 1. The van der Waals surface area contributed by atoms with Gasteiger partial charge in [-0.2, -0.15) is 5.26 Å². The van der Waals surface area contributed by atoms with Gasteiger partial charge in [0.1, 0.15) is 11.1 Å². The first-order chi connectivity index (χ1) is 15.4. The molecule has 1 N–H and O–H groups in total. The van der Waals surface area contributed by atoms with E-state index in [0.29, 0.717) is 27.6 Å². The maximum absolute atomic E-state index is 12.6. The molecule has 0 aliphatic heterocycles. The average Bonchev–Trinajstić information content (AvgIpc) is 3.42. The van der Waals surface area contributed by atoms with Crippen LogP contribution in [0, 0.1) is 22.7 Å². The largest absolute Gasteiger partial charge is 0.411 e. The highest BCUT2D eigenvalue weighted by Gasteiger charge is 2.34. The molecular formula is C24H26N4O2S2. The van der Waals surface area contributed by atoms with Crippen molar-refractivity contribution >= 4 is 34.0 Å². The maximum Gasteiger partial charge on any atom is 0.277 e. The van der Waals surface area contributed by atoms with Gasteiger partial charge in [-0.25, -0.2) is 0 Å². The van der Waals surface area contributed by atoms with Crippen molar-refractivity contribution < 1.29 is 9.21 Å². The number of fused-ring (bicyclic) bond motifs is 1. The van der Waals surface area contributed by atoms with Crippen molar-refractivity contribution in [1.82, 2.24) is 10.2 Å². The molecule has 3 aromatic rings. The number of nitrogens with one attached hydrogen (secondary N) is 1. The van der Waals surface area contributed by atoms with Crippen molar-refractivity contribution in [2.24, 2.45) is 11.3 Å². The second-order valence-electron chi connectivity index (χ2n) is 8.68. The molecule has 0 radical (unpaired) electrons. The van der Waals surface area contributed by atoms with Crippen molar-refractivity contribution in [1.29, 1.82) is 5.26 Å². The van der Waals surface area contributed by atoms with Gasteiger partial charge in [-0.15, -0.1) is 21.5 Å². The van der Waals surface area contributed by atoms with Crippen LogP contribution in [-0.2, 0) is 17.6 Å². The third-order valence-corrected chi connectivity index (χ3v) is 8.39. The number of hydrogen-bond donors (Lipinski definition) is 1. The molecule has 0 unspecified atom stereocenters. The Balaban J connectivity index is 1.40. The van der Waals surface area contributed by atoms with Gasteiger partial charge in [0, 0.05) is 10.4 Å². The molecule has 0 saturated carbocycles. The Morgan fingerprint density at radius 3 is 2.84 bits per heavy atom. The normalized spacial score (nSPS) is 15.8. The number of benzene rings is 1. The van der Waals surface area contributed by atoms with E-state index in [1.54, 1.807) is 11.3 Å². The zero-order valence-electron chi connectivity index (χ0n) is 18.5. The smallest absolute Gasteiger partial charge is 0.277 e. The molecule has 2 aromatic heterocycles. The van der Waals surface area contributed by atoms with Gasteiger partial charge >= 0.3 is 0 Å². The molecule has 0 saturated heterocycles. The topological polar surface area (TPSA) is 91.8 Å². The number of rotatable bonds is 7. The summed E-state index contributed by atoms with van der Waals surface area (Å²) in [4.78, 5) is 13.8. The predicted molar refractivity (Wildman–Crippen MR) is 128 cm³/mol. The van der Waals surface area contributed by atoms with E-state index >= 15 is 0 Å². The van der Waals surface area contributed by atoms with Crippen molar-refractivity contribution in [2.45, 2.75) is 51.7 Å². The fraction of sp³-hybridized carbons (Fsp3) is 0.417. The lowest BCUT2D eigenvalue weighted by atomic mass is 9.69. The van der Waals surface area contributed by atoms with Gasteiger partial charge < -0.3 is 9.73 Å². The van der Waals surface area contributed by atoms with E-state index in [1.807, 2.05) is 30.3 Å². The summed E-state index contributed by atoms with van der Waals surface area (Å²) in [6.07, 6.45) is 4.09. The fourth-order valence-corrected chi connectivity index (χ4v) is 5.86. The van der Waals surface area contributed by atoms with E-state index in [2.05, 4.69) is 42.4 Å². The monoisotopic (exact) mass is 466 g/mol. The minimum Gasteiger partial charge on any atom is -0.411 e. The lowest BCUT2D eigenvalue weighted by Crippen LogP contribution is -2.28. The van der Waals surface area contributed by atoms with Crippen LogP contribution in [0.3, 0.4) is 0 Å². The summed E-state index contributed by atoms with van der Waals surface area (Å²) in [5.74, 6) is 0.974. The predicted octanol–water partition coefficient (Wildman–Crippen LogP) is 5.94. The van der Waals surface area contributed by atoms with Gasteiger partial charge in [0.2, 0.25) is 11.8 Å². The standard InChI is InChI=1S/C24H26N4O2S2/c1-4-24(2,3)16-10-11-17-18(13-25)22(32-19(17)12-16)26-20(29)14-31-23-28-27-21(30-23)15-8-6-5-7-9-15/h5-9,16H,4,10-12,14H2,1-3H3,(H,26,29)/t16-/m1/s1. The highest BCUT2D eigenvalue weighted by Crippen LogP contribution is 2.45. The molecule has 1 aromatic carbocycles. The first-order valence-corrected chi connectivity index (χ1v) is 12.6. The Hall–Kier alpha value is -2.63. The lowest BCUT2D eigenvalue weighted by Gasteiger charge is -2.36. The van der Waals surface area contributed by atoms with E-state index in [-0.39, 0.29) is 17.1 Å². The van der Waals surface area contributed by atoms with Gasteiger partial charge in [0.05, 0.1) is 11.3 Å². The Morgan fingerprint density at radius 2 is 2.12 bits per heavy atom. The first kappa shape index (κ1) is 22.6. The van der Waals surface area contributed by atoms with Crippen molar-refractivity contribution in [3.05, 3.63) is 46.3 Å². The molecule has 2 heterocycles. The number of nitrogens with zero attached hydrogens (tertiary/aromatic N) is 3. The van der Waals surface area contributed by atoms with Crippen LogP contribution in [0.1, 0.15) is 49.6 Å². The number of thioether (sulfide) groups is 1. The van der Waals surface area contributed by atoms with Crippen LogP contribution in [0.15, 0.2) is 40.0 Å². The van der Waals surface area contributed by atoms with Crippen LogP contribution in [0.4, 0.5) is 5.00 Å². The lowest BCUT2D eigenvalue weighted by molar-refractivity contribution is -0.113. The molecule has 0 bridgehead atoms. The number of aromatic nitrogens is 2. The first-order valence-electron chi connectivity index (χ1n) is 10.8. The Bertz CT molecular complexity index is 1140. The SMILES string of the molecule is CCC(C)(C)[C@@H]1CCc2c(sc(NC(=O)CSc3nnc(-c4ccccc4)o3)c2C#N)C1. The van der Waals surface area contributed by atoms with E-state index in [0.717, 1.165) is 36.8 Å². The Kier molecular flexibility index (Phi) is 6.68. The van der Waals surface area contributed by atoms with E-state index in [1.165, 1.54) is 16.6 Å². The molecule has 32 heavy (non-hydrogen) atoms. The Labute approximate surface area is 196 Å². The number of anilines is 1. The summed E-state index contributed by atoms with van der Waals surface area (Å²) in [5, 5.41) is 21.7. The molecule has 0 spiro atoms. The summed E-state index contributed by atoms with van der Waals surface area (Å²) >= 11 is 2.74. The van der Waals surface area contributed by atoms with Gasteiger partial charge in [-0.3, -0.25) is 4.79 Å². The molecular weight excluding hydrogens is 440 g/mol. The second kappa shape index (κ2) is 9.47. The van der Waals surface area contributed by atoms with Gasteiger partial charge in [0.15, 0.2) is 0 Å². The molecule has 1 atom stereocenters. The number of amides is 1. The third-order valence-electron chi connectivity index (χ3n) is 6.40. The molecule has 1 aliphatic carbocycles. The van der Waals surface area contributed by atoms with Crippen LogP contribution in [0.2, 0.25) is 0 Å². The molecule has 8 heteroatoms. The third kappa shape index (κ3) is 4.74. The van der Waals surface area contributed by atoms with Gasteiger partial charge in [0.25, 0.3) is 5.22 Å². The molecule has 1 amide bonds. The number of carbonyl (C=O) groups is 1. The summed E-state index contributed by atoms with van der Waals surface area (Å²) in [5.41, 5.74) is 2.86. The maximum atomic E-state index is 12.6. The molecule has 1 aliphatic rings. The fourth-order valence-electron chi connectivity index (χ4n) is 4.00. The highest BCUT2D eigenvalue weighted by molar-refractivity contribution is 7.99. The minimum absolute atomic E-state index is 0.134. The van der Waals surface area contributed by atoms with Gasteiger partial charge in [-0.05, 0) is 48.3 Å². The summed E-state index contributed by atoms with van der Waals surface area (Å²) in [6, 6.07) is 11.8. The van der Waals surface area contributed by atoms with Crippen LogP contribution in [0.5, 0.6) is 0 Å². The average molecular weight is 467 g/mol. The van der Waals surface area contributed by atoms with Crippen LogP contribution >= 0.6 is 23.1 Å². The number of nitriles is 1. The van der Waals surface area contributed by atoms with E-state index < -0.39 is 0 Å². The Morgan fingerprint density at radius 1 is 1.34 bits per heavy atom. The molecule has 4 rings (SSSR count). The van der Waals surface area contributed by atoms with Crippen molar-refractivity contribution in [2.75, 3.05) is 11.1 Å². The molecule has 0 fully saturated rings. The van der Waals surface area contributed by atoms with E-state index in [4.69, 9.17) is 4.42 Å².